The minimum Gasteiger partial charge on any atom is -0.339 e. The molecule has 1 amide bonds. The molecule has 0 radical (unpaired) electrons. The lowest BCUT2D eigenvalue weighted by atomic mass is 10.0. The summed E-state index contributed by atoms with van der Waals surface area (Å²) in [5.41, 5.74) is 0. The Bertz CT molecular complexity index is 532. The zero-order valence-electron chi connectivity index (χ0n) is 13.2. The van der Waals surface area contributed by atoms with Crippen LogP contribution in [0.1, 0.15) is 75.4 Å². The summed E-state index contributed by atoms with van der Waals surface area (Å²) < 4.78 is 5.32. The summed E-state index contributed by atoms with van der Waals surface area (Å²) in [6.45, 7) is 0.944. The first-order valence-corrected chi connectivity index (χ1v) is 8.94. The average molecular weight is 303 g/mol. The summed E-state index contributed by atoms with van der Waals surface area (Å²) in [5.74, 6) is 2.87. The zero-order valence-corrected chi connectivity index (χ0v) is 13.2. The zero-order chi connectivity index (χ0) is 14.9. The fraction of sp³-hybridized carbons (Fsp3) is 0.824. The third-order valence-corrected chi connectivity index (χ3v) is 5.48. The molecule has 22 heavy (non-hydrogen) atoms. The molecule has 0 bridgehead atoms. The van der Waals surface area contributed by atoms with E-state index in [2.05, 4.69) is 15.0 Å². The van der Waals surface area contributed by atoms with E-state index in [0.717, 1.165) is 56.8 Å². The Labute approximate surface area is 131 Å². The number of aromatic nitrogens is 2. The number of rotatable bonds is 5. The molecule has 2 heterocycles. The maximum atomic E-state index is 12.6. The number of hydrogen-bond donors (Lipinski definition) is 0. The Morgan fingerprint density at radius 1 is 1.14 bits per heavy atom. The van der Waals surface area contributed by atoms with Crippen LogP contribution < -0.4 is 0 Å². The Hall–Kier alpha value is -1.39. The van der Waals surface area contributed by atoms with Gasteiger partial charge in [-0.1, -0.05) is 18.0 Å². The van der Waals surface area contributed by atoms with Crippen LogP contribution in [0.15, 0.2) is 4.52 Å². The predicted octanol–water partition coefficient (Wildman–Crippen LogP) is 3.06. The van der Waals surface area contributed by atoms with Crippen molar-refractivity contribution in [2.24, 2.45) is 5.92 Å². The van der Waals surface area contributed by atoms with E-state index in [9.17, 15) is 4.79 Å². The van der Waals surface area contributed by atoms with Crippen LogP contribution in [0.5, 0.6) is 0 Å². The van der Waals surface area contributed by atoms with Gasteiger partial charge in [-0.05, 0) is 44.9 Å². The van der Waals surface area contributed by atoms with Crippen LogP contribution in [0, 0.1) is 5.92 Å². The molecular weight excluding hydrogens is 278 g/mol. The minimum atomic E-state index is 0.298. The van der Waals surface area contributed by atoms with Gasteiger partial charge >= 0.3 is 0 Å². The largest absolute Gasteiger partial charge is 0.339 e. The molecule has 2 saturated carbocycles. The molecule has 3 aliphatic rings. The van der Waals surface area contributed by atoms with Crippen molar-refractivity contribution < 1.29 is 9.32 Å². The normalized spacial score (nSPS) is 26.0. The maximum Gasteiger partial charge on any atom is 0.229 e. The minimum absolute atomic E-state index is 0.298. The number of hydrogen-bond acceptors (Lipinski definition) is 4. The third-order valence-electron chi connectivity index (χ3n) is 5.48. The van der Waals surface area contributed by atoms with Gasteiger partial charge in [0.2, 0.25) is 11.8 Å². The first kappa shape index (κ1) is 14.2. The summed E-state index contributed by atoms with van der Waals surface area (Å²) >= 11 is 0. The second-order valence-electron chi connectivity index (χ2n) is 7.17. The van der Waals surface area contributed by atoms with Crippen LogP contribution in [-0.4, -0.2) is 33.5 Å². The summed E-state index contributed by atoms with van der Waals surface area (Å²) in [6, 6.07) is 0.385. The van der Waals surface area contributed by atoms with E-state index in [0.29, 0.717) is 23.8 Å². The fourth-order valence-electron chi connectivity index (χ4n) is 3.99. The van der Waals surface area contributed by atoms with Crippen molar-refractivity contribution in [1.29, 1.82) is 0 Å². The molecule has 1 aromatic heterocycles. The summed E-state index contributed by atoms with van der Waals surface area (Å²) in [5, 5.41) is 4.10. The van der Waals surface area contributed by atoms with Gasteiger partial charge in [-0.3, -0.25) is 4.79 Å². The van der Waals surface area contributed by atoms with Gasteiger partial charge in [0.1, 0.15) is 0 Å². The molecule has 0 unspecified atom stereocenters. The summed E-state index contributed by atoms with van der Waals surface area (Å²) in [4.78, 5) is 19.3. The van der Waals surface area contributed by atoms with Crippen molar-refractivity contribution in [3.8, 4) is 0 Å². The quantitative estimate of drug-likeness (QED) is 0.839. The lowest BCUT2D eigenvalue weighted by molar-refractivity contribution is -0.136. The molecule has 2 aliphatic carbocycles. The van der Waals surface area contributed by atoms with Crippen molar-refractivity contribution in [2.75, 3.05) is 6.54 Å². The van der Waals surface area contributed by atoms with Gasteiger partial charge in [-0.2, -0.15) is 4.98 Å². The van der Waals surface area contributed by atoms with Gasteiger partial charge in [0.25, 0.3) is 0 Å². The highest BCUT2D eigenvalue weighted by Gasteiger charge is 2.34. The topological polar surface area (TPSA) is 59.2 Å². The Balaban J connectivity index is 1.33. The molecular formula is C17H25N3O2. The van der Waals surface area contributed by atoms with Crippen molar-refractivity contribution in [2.45, 2.75) is 76.2 Å². The summed E-state index contributed by atoms with van der Waals surface area (Å²) in [6.07, 6.45) is 11.1. The van der Waals surface area contributed by atoms with Crippen molar-refractivity contribution >= 4 is 5.91 Å². The van der Waals surface area contributed by atoms with Crippen LogP contribution in [0.2, 0.25) is 0 Å². The number of aryl methyl sites for hydroxylation is 1. The number of carbonyl (C=O) groups excluding carboxylic acids is 1. The van der Waals surface area contributed by atoms with Gasteiger partial charge in [-0.25, -0.2) is 0 Å². The highest BCUT2D eigenvalue weighted by Crippen LogP contribution is 2.39. The molecule has 0 aromatic carbocycles. The molecule has 5 heteroatoms. The maximum absolute atomic E-state index is 12.6. The highest BCUT2D eigenvalue weighted by molar-refractivity contribution is 5.79. The molecule has 1 saturated heterocycles. The molecule has 4 rings (SSSR count). The van der Waals surface area contributed by atoms with E-state index in [-0.39, 0.29) is 0 Å². The van der Waals surface area contributed by atoms with Crippen molar-refractivity contribution in [3.63, 3.8) is 0 Å². The van der Waals surface area contributed by atoms with Crippen molar-refractivity contribution in [1.82, 2.24) is 15.0 Å². The van der Waals surface area contributed by atoms with Crippen molar-refractivity contribution in [3.05, 3.63) is 11.7 Å². The van der Waals surface area contributed by atoms with E-state index in [1.54, 1.807) is 0 Å². The van der Waals surface area contributed by atoms with E-state index in [1.807, 2.05) is 0 Å². The van der Waals surface area contributed by atoms with E-state index >= 15 is 0 Å². The lowest BCUT2D eigenvalue weighted by Gasteiger charge is -2.27. The second kappa shape index (κ2) is 6.01. The standard InChI is InChI=1S/C17H25N3O2/c21-17(13-4-1-2-5-13)20-11-3-6-14(20)9-10-15-18-16(22-19-15)12-7-8-12/h12-14H,1-11H2/t14-/m1/s1. The van der Waals surface area contributed by atoms with E-state index in [4.69, 9.17) is 4.52 Å². The monoisotopic (exact) mass is 303 g/mol. The van der Waals surface area contributed by atoms with Gasteiger partial charge in [-0.15, -0.1) is 0 Å². The van der Waals surface area contributed by atoms with Crippen LogP contribution in [0.3, 0.4) is 0 Å². The van der Waals surface area contributed by atoms with Crippen LogP contribution in [-0.2, 0) is 11.2 Å². The Kier molecular flexibility index (Phi) is 3.89. The van der Waals surface area contributed by atoms with E-state index < -0.39 is 0 Å². The third kappa shape index (κ3) is 2.90. The van der Waals surface area contributed by atoms with Gasteiger partial charge < -0.3 is 9.42 Å². The molecule has 120 valence electrons. The van der Waals surface area contributed by atoms with Crippen LogP contribution >= 0.6 is 0 Å². The highest BCUT2D eigenvalue weighted by atomic mass is 16.5. The number of likely N-dealkylation sites (tertiary alicyclic amines) is 1. The average Bonchev–Trinajstić information content (AvgIpc) is 3.02. The smallest absolute Gasteiger partial charge is 0.229 e. The van der Waals surface area contributed by atoms with E-state index in [1.165, 1.54) is 25.7 Å². The predicted molar refractivity (Wildman–Crippen MR) is 81.3 cm³/mol. The lowest BCUT2D eigenvalue weighted by Crippen LogP contribution is -2.39. The van der Waals surface area contributed by atoms with Crippen LogP contribution in [0.4, 0.5) is 0 Å². The first-order chi connectivity index (χ1) is 10.8. The molecule has 0 spiro atoms. The summed E-state index contributed by atoms with van der Waals surface area (Å²) in [7, 11) is 0. The Morgan fingerprint density at radius 2 is 1.95 bits per heavy atom. The SMILES string of the molecule is O=C(C1CCCC1)N1CCC[C@@H]1CCc1noc(C2CC2)n1. The van der Waals surface area contributed by atoms with Crippen LogP contribution in [0.25, 0.3) is 0 Å². The molecule has 1 aliphatic heterocycles. The van der Waals surface area contributed by atoms with Gasteiger partial charge in [0, 0.05) is 30.8 Å². The molecule has 1 aromatic rings. The Morgan fingerprint density at radius 3 is 2.73 bits per heavy atom. The number of amides is 1. The second-order valence-corrected chi connectivity index (χ2v) is 7.17. The number of carbonyl (C=O) groups is 1. The number of nitrogens with zero attached hydrogens (tertiary/aromatic N) is 3. The molecule has 1 atom stereocenters. The fourth-order valence-corrected chi connectivity index (χ4v) is 3.99. The first-order valence-electron chi connectivity index (χ1n) is 8.94. The molecule has 5 nitrogen and oxygen atoms in total. The van der Waals surface area contributed by atoms with Gasteiger partial charge in [0.05, 0.1) is 0 Å². The van der Waals surface area contributed by atoms with Gasteiger partial charge in [0.15, 0.2) is 5.82 Å². The molecule has 0 N–H and O–H groups in total. The molecule has 3 fully saturated rings.